The molecule has 3 N–H and O–H groups in total. The third-order valence-corrected chi connectivity index (χ3v) is 13.4. The van der Waals surface area contributed by atoms with Crippen molar-refractivity contribution < 1.29 is 58.2 Å². The number of carboxylic acids is 1. The van der Waals surface area contributed by atoms with Crippen molar-refractivity contribution in [1.29, 1.82) is 0 Å². The summed E-state index contributed by atoms with van der Waals surface area (Å²) >= 11 is 0. The SMILES string of the molecule is CC/C=C\C/C=C\C/C=C\C/C=C\CCC(=O)OC1C(OCC(COC(=O)CCCCCCCCCCCCCCCCC)OC(=O)CCCCCCCCCCCCCCCCC)OC(C(=O)O)C(O)C1O. The number of aliphatic hydroxyl groups is 2. The number of unbranched alkanes of at least 4 members (excludes halogenated alkanes) is 28. The van der Waals surface area contributed by atoms with E-state index in [4.69, 9.17) is 23.7 Å². The topological polar surface area (TPSA) is 175 Å². The first kappa shape index (κ1) is 67.7. The zero-order valence-electron chi connectivity index (χ0n) is 46.4. The van der Waals surface area contributed by atoms with E-state index in [9.17, 15) is 34.5 Å². The fraction of sp³-hybridized carbons (Fsp3) is 0.803. The molecule has 0 amide bonds. The number of carbonyl (C=O) groups excluding carboxylic acids is 3. The first-order chi connectivity index (χ1) is 35.6. The normalized spacial score (nSPS) is 18.6. The Bertz CT molecular complexity index is 1460. The minimum Gasteiger partial charge on any atom is -0.479 e. The van der Waals surface area contributed by atoms with Crippen LogP contribution in [0.4, 0.5) is 0 Å². The maximum absolute atomic E-state index is 13.1. The molecule has 0 bridgehead atoms. The Morgan fingerprint density at radius 2 is 0.863 bits per heavy atom. The lowest BCUT2D eigenvalue weighted by Crippen LogP contribution is -2.61. The molecule has 6 atom stereocenters. The molecule has 422 valence electrons. The van der Waals surface area contributed by atoms with Gasteiger partial charge in [-0.15, -0.1) is 0 Å². The van der Waals surface area contributed by atoms with Gasteiger partial charge >= 0.3 is 23.9 Å². The summed E-state index contributed by atoms with van der Waals surface area (Å²) < 4.78 is 28.3. The van der Waals surface area contributed by atoms with Crippen molar-refractivity contribution in [3.8, 4) is 0 Å². The molecule has 1 rings (SSSR count). The number of esters is 3. The Balaban J connectivity index is 2.71. The van der Waals surface area contributed by atoms with Gasteiger partial charge in [-0.1, -0.05) is 249 Å². The highest BCUT2D eigenvalue weighted by Crippen LogP contribution is 2.26. The quantitative estimate of drug-likeness (QED) is 0.0228. The molecule has 0 aromatic carbocycles. The summed E-state index contributed by atoms with van der Waals surface area (Å²) in [6, 6.07) is 0. The minimum atomic E-state index is -1.92. The van der Waals surface area contributed by atoms with E-state index in [1.807, 2.05) is 18.2 Å². The molecule has 0 aromatic rings. The summed E-state index contributed by atoms with van der Waals surface area (Å²) in [5.74, 6) is -3.20. The van der Waals surface area contributed by atoms with Gasteiger partial charge in [0.15, 0.2) is 24.6 Å². The molecule has 0 spiro atoms. The Morgan fingerprint density at radius 3 is 1.29 bits per heavy atom. The van der Waals surface area contributed by atoms with E-state index < -0.39 is 67.3 Å². The fourth-order valence-electron chi connectivity index (χ4n) is 8.91. The molecule has 12 nitrogen and oxygen atoms in total. The number of aliphatic carboxylic acids is 1. The van der Waals surface area contributed by atoms with Gasteiger partial charge in [-0.05, 0) is 44.9 Å². The Labute approximate surface area is 443 Å². The van der Waals surface area contributed by atoms with Gasteiger partial charge in [-0.25, -0.2) is 4.79 Å². The van der Waals surface area contributed by atoms with Gasteiger partial charge in [0.05, 0.1) is 6.61 Å². The van der Waals surface area contributed by atoms with E-state index in [2.05, 4.69) is 51.2 Å². The van der Waals surface area contributed by atoms with Crippen LogP contribution in [0.1, 0.15) is 265 Å². The lowest BCUT2D eigenvalue weighted by molar-refractivity contribution is -0.301. The second-order valence-corrected chi connectivity index (χ2v) is 20.3. The molecule has 0 radical (unpaired) electrons. The van der Waals surface area contributed by atoms with Crippen molar-refractivity contribution in [2.24, 2.45) is 0 Å². The summed E-state index contributed by atoms with van der Waals surface area (Å²) in [6.45, 7) is 5.86. The van der Waals surface area contributed by atoms with Crippen LogP contribution in [0.5, 0.6) is 0 Å². The molecule has 0 saturated carbocycles. The highest BCUT2D eigenvalue weighted by molar-refractivity contribution is 5.74. The van der Waals surface area contributed by atoms with Gasteiger partial charge in [-0.2, -0.15) is 0 Å². The second kappa shape index (κ2) is 49.6. The second-order valence-electron chi connectivity index (χ2n) is 20.3. The largest absolute Gasteiger partial charge is 0.479 e. The van der Waals surface area contributed by atoms with Gasteiger partial charge in [0.1, 0.15) is 18.8 Å². The Hall–Kier alpha value is -3.32. The molecule has 1 fully saturated rings. The van der Waals surface area contributed by atoms with Crippen molar-refractivity contribution in [1.82, 2.24) is 0 Å². The number of aliphatic hydroxyl groups excluding tert-OH is 2. The zero-order valence-corrected chi connectivity index (χ0v) is 46.4. The number of hydrogen-bond donors (Lipinski definition) is 3. The van der Waals surface area contributed by atoms with E-state index in [0.717, 1.165) is 57.8 Å². The summed E-state index contributed by atoms with van der Waals surface area (Å²) in [6.07, 6.45) is 46.7. The van der Waals surface area contributed by atoms with Crippen LogP contribution in [-0.4, -0.2) is 89.2 Å². The molecule has 12 heteroatoms. The smallest absolute Gasteiger partial charge is 0.335 e. The molecule has 6 unspecified atom stereocenters. The highest BCUT2D eigenvalue weighted by atomic mass is 16.7. The summed E-state index contributed by atoms with van der Waals surface area (Å²) in [5, 5.41) is 31.4. The molecular formula is C61H106O12. The summed E-state index contributed by atoms with van der Waals surface area (Å²) in [4.78, 5) is 51.0. The van der Waals surface area contributed by atoms with Crippen LogP contribution in [0.3, 0.4) is 0 Å². The van der Waals surface area contributed by atoms with E-state index in [1.165, 1.54) is 141 Å². The third-order valence-electron chi connectivity index (χ3n) is 13.4. The van der Waals surface area contributed by atoms with E-state index in [1.54, 1.807) is 0 Å². The molecule has 1 aliphatic heterocycles. The van der Waals surface area contributed by atoms with Gasteiger partial charge < -0.3 is 39.0 Å². The van der Waals surface area contributed by atoms with Gasteiger partial charge in [0, 0.05) is 19.3 Å². The number of ether oxygens (including phenoxy) is 5. The third kappa shape index (κ3) is 39.7. The average Bonchev–Trinajstić information content (AvgIpc) is 3.37. The van der Waals surface area contributed by atoms with Gasteiger partial charge in [-0.3, -0.25) is 14.4 Å². The highest BCUT2D eigenvalue weighted by Gasteiger charge is 2.50. The standard InChI is InChI=1S/C61H106O12/c1-4-7-10-13-16-19-22-25-27-30-32-35-38-41-44-47-53(62)69-50-52(71-54(63)48-45-42-39-36-34-31-28-26-23-20-17-14-11-8-5-2)51-70-61-59(57(66)56(65)58(73-61)60(67)68)72-55(64)49-46-43-40-37-33-29-24-21-18-15-12-9-6-3/h9,12,18,21,29,33,40,43,52,56-59,61,65-66H,4-8,10-11,13-17,19-20,22-28,30-32,34-39,41-42,44-51H2,1-3H3,(H,67,68)/b12-9-,21-18-,33-29-,43-40-. The van der Waals surface area contributed by atoms with Crippen LogP contribution in [0, 0.1) is 0 Å². The lowest BCUT2D eigenvalue weighted by atomic mass is 9.98. The number of rotatable bonds is 50. The average molecular weight is 1030 g/mol. The number of hydrogen-bond acceptors (Lipinski definition) is 11. The number of carboxylic acid groups (broad SMARTS) is 1. The summed E-state index contributed by atoms with van der Waals surface area (Å²) in [5.41, 5.74) is 0. The van der Waals surface area contributed by atoms with Crippen LogP contribution in [0.15, 0.2) is 48.6 Å². The van der Waals surface area contributed by atoms with Crippen molar-refractivity contribution in [3.63, 3.8) is 0 Å². The molecule has 0 aromatic heterocycles. The molecule has 0 aliphatic carbocycles. The van der Waals surface area contributed by atoms with E-state index >= 15 is 0 Å². The Kier molecular flexibility index (Phi) is 45.9. The Morgan fingerprint density at radius 1 is 0.466 bits per heavy atom. The maximum Gasteiger partial charge on any atom is 0.335 e. The number of allylic oxidation sites excluding steroid dienone is 8. The van der Waals surface area contributed by atoms with Crippen molar-refractivity contribution in [3.05, 3.63) is 48.6 Å². The van der Waals surface area contributed by atoms with E-state index in [-0.39, 0.29) is 25.9 Å². The number of carbonyl (C=O) groups is 4. The first-order valence-corrected chi connectivity index (χ1v) is 29.6. The molecule has 1 saturated heterocycles. The predicted octanol–water partition coefficient (Wildman–Crippen LogP) is 15.0. The van der Waals surface area contributed by atoms with Crippen LogP contribution >= 0.6 is 0 Å². The van der Waals surface area contributed by atoms with Crippen LogP contribution in [-0.2, 0) is 42.9 Å². The molecule has 1 aliphatic rings. The van der Waals surface area contributed by atoms with Crippen molar-refractivity contribution in [2.75, 3.05) is 13.2 Å². The lowest BCUT2D eigenvalue weighted by Gasteiger charge is -2.40. The monoisotopic (exact) mass is 1030 g/mol. The predicted molar refractivity (Wildman–Crippen MR) is 294 cm³/mol. The molecular weight excluding hydrogens is 925 g/mol. The van der Waals surface area contributed by atoms with Gasteiger partial charge in [0.2, 0.25) is 0 Å². The molecule has 73 heavy (non-hydrogen) atoms. The maximum atomic E-state index is 13.1. The summed E-state index contributed by atoms with van der Waals surface area (Å²) in [7, 11) is 0. The van der Waals surface area contributed by atoms with Crippen LogP contribution in [0.2, 0.25) is 0 Å². The van der Waals surface area contributed by atoms with Crippen molar-refractivity contribution in [2.45, 2.75) is 302 Å². The van der Waals surface area contributed by atoms with Crippen LogP contribution < -0.4 is 0 Å². The minimum absolute atomic E-state index is 0.0581. The molecule has 1 heterocycles. The van der Waals surface area contributed by atoms with E-state index in [0.29, 0.717) is 25.7 Å². The van der Waals surface area contributed by atoms with Crippen molar-refractivity contribution >= 4 is 23.9 Å². The van der Waals surface area contributed by atoms with Gasteiger partial charge in [0.25, 0.3) is 0 Å². The zero-order chi connectivity index (χ0) is 53.3. The first-order valence-electron chi connectivity index (χ1n) is 29.6. The van der Waals surface area contributed by atoms with Crippen LogP contribution in [0.25, 0.3) is 0 Å². The fourth-order valence-corrected chi connectivity index (χ4v) is 8.91.